The number of anilines is 1. The van der Waals surface area contributed by atoms with Crippen molar-refractivity contribution >= 4 is 57.5 Å². The van der Waals surface area contributed by atoms with Crippen LogP contribution in [0.15, 0.2) is 66.7 Å². The number of aromatic nitrogens is 1. The van der Waals surface area contributed by atoms with Crippen molar-refractivity contribution in [3.05, 3.63) is 93.6 Å². The number of carbonyl (C=O) groups excluding carboxylic acids is 3. The minimum Gasteiger partial charge on any atom is -0.494 e. The summed E-state index contributed by atoms with van der Waals surface area (Å²) in [6.45, 7) is 2.13. The summed E-state index contributed by atoms with van der Waals surface area (Å²) in [4.78, 5) is 38.6. The van der Waals surface area contributed by atoms with E-state index < -0.39 is 17.7 Å². The number of benzene rings is 3. The van der Waals surface area contributed by atoms with Crippen LogP contribution in [-0.2, 0) is 16.1 Å². The zero-order chi connectivity index (χ0) is 25.8. The van der Waals surface area contributed by atoms with Crippen molar-refractivity contribution in [2.75, 3.05) is 17.9 Å². The van der Waals surface area contributed by atoms with Gasteiger partial charge in [0.05, 0.1) is 7.11 Å². The van der Waals surface area contributed by atoms with E-state index in [0.29, 0.717) is 32.4 Å². The fourth-order valence-corrected chi connectivity index (χ4v) is 4.14. The summed E-state index contributed by atoms with van der Waals surface area (Å²) in [5.74, 6) is -1.98. The lowest BCUT2D eigenvalue weighted by Crippen LogP contribution is -2.39. The fourth-order valence-electron chi connectivity index (χ4n) is 3.62. The van der Waals surface area contributed by atoms with Gasteiger partial charge in [0.25, 0.3) is 5.91 Å². The summed E-state index contributed by atoms with van der Waals surface area (Å²) in [5, 5.41) is 6.60. The molecule has 3 N–H and O–H groups in total. The number of nitrogens with zero attached hydrogens (tertiary/aromatic N) is 1. The van der Waals surface area contributed by atoms with Crippen molar-refractivity contribution in [3.8, 4) is 5.75 Å². The molecule has 0 saturated carbocycles. The van der Waals surface area contributed by atoms with Gasteiger partial charge in [-0.05, 0) is 42.8 Å². The van der Waals surface area contributed by atoms with Crippen LogP contribution < -0.4 is 20.8 Å². The summed E-state index contributed by atoms with van der Waals surface area (Å²) in [6.07, 6.45) is 0. The molecule has 0 saturated heterocycles. The number of halogens is 2. The molecule has 8 nitrogen and oxygen atoms in total. The number of para-hydroxylation sites is 1. The molecule has 36 heavy (non-hydrogen) atoms. The minimum atomic E-state index is -0.953. The maximum absolute atomic E-state index is 13.2. The molecule has 0 spiro atoms. The van der Waals surface area contributed by atoms with Gasteiger partial charge in [-0.1, -0.05) is 65.2 Å². The lowest BCUT2D eigenvalue weighted by Gasteiger charge is -2.14. The van der Waals surface area contributed by atoms with Gasteiger partial charge in [0.1, 0.15) is 17.0 Å². The Balaban J connectivity index is 1.61. The first-order valence-corrected chi connectivity index (χ1v) is 11.6. The van der Waals surface area contributed by atoms with Crippen molar-refractivity contribution in [2.24, 2.45) is 0 Å². The van der Waals surface area contributed by atoms with Crippen LogP contribution >= 0.6 is 23.2 Å². The molecule has 0 fully saturated rings. The summed E-state index contributed by atoms with van der Waals surface area (Å²) >= 11 is 12.1. The van der Waals surface area contributed by atoms with Gasteiger partial charge < -0.3 is 15.4 Å². The summed E-state index contributed by atoms with van der Waals surface area (Å²) in [7, 11) is 1.47. The quantitative estimate of drug-likeness (QED) is 0.312. The van der Waals surface area contributed by atoms with Crippen LogP contribution in [-0.4, -0.2) is 29.5 Å². The number of rotatable bonds is 6. The maximum Gasteiger partial charge on any atom is 0.328 e. The van der Waals surface area contributed by atoms with Crippen molar-refractivity contribution in [3.63, 3.8) is 0 Å². The Morgan fingerprint density at radius 3 is 2.28 bits per heavy atom. The van der Waals surface area contributed by atoms with Gasteiger partial charge in [-0.25, -0.2) is 4.68 Å². The molecule has 0 atom stereocenters. The largest absolute Gasteiger partial charge is 0.494 e. The van der Waals surface area contributed by atoms with Gasteiger partial charge in [-0.3, -0.25) is 19.8 Å². The van der Waals surface area contributed by atoms with E-state index in [4.69, 9.17) is 27.9 Å². The van der Waals surface area contributed by atoms with E-state index >= 15 is 0 Å². The molecular formula is C26H22Cl2N4O4. The molecule has 10 heteroatoms. The SMILES string of the molecule is COc1cccc2cc(C(=O)Nc3cc(Cl)cc(Cl)c3)n(NC(=O)C(=O)NCc3ccc(C)cc3)c12. The molecule has 184 valence electrons. The Morgan fingerprint density at radius 1 is 0.917 bits per heavy atom. The molecule has 4 rings (SSSR count). The number of methoxy groups -OCH3 is 1. The van der Waals surface area contributed by atoms with Crippen LogP contribution in [0.4, 0.5) is 5.69 Å². The number of nitrogens with one attached hydrogen (secondary N) is 3. The second-order valence-corrected chi connectivity index (χ2v) is 8.86. The molecule has 1 aromatic heterocycles. The number of hydrogen-bond acceptors (Lipinski definition) is 4. The molecule has 3 aromatic carbocycles. The smallest absolute Gasteiger partial charge is 0.328 e. The first-order chi connectivity index (χ1) is 17.2. The van der Waals surface area contributed by atoms with Crippen LogP contribution in [0.25, 0.3) is 10.9 Å². The average molecular weight is 525 g/mol. The van der Waals surface area contributed by atoms with Gasteiger partial charge in [-0.15, -0.1) is 0 Å². The minimum absolute atomic E-state index is 0.0604. The lowest BCUT2D eigenvalue weighted by molar-refractivity contribution is -0.136. The molecule has 1 heterocycles. The Kier molecular flexibility index (Phi) is 7.47. The molecule has 0 unspecified atom stereocenters. The standard InChI is InChI=1S/C26H22Cl2N4O4/c1-15-6-8-16(9-7-15)14-29-25(34)26(35)31-32-21(10-17-4-3-5-22(36-2)23(17)32)24(33)30-20-12-18(27)11-19(28)13-20/h3-13H,14H2,1-2H3,(H,29,34)(H,30,33)(H,31,35). The third kappa shape index (κ3) is 5.62. The number of hydrogen-bond donors (Lipinski definition) is 3. The van der Waals surface area contributed by atoms with Crippen LogP contribution in [0.1, 0.15) is 21.6 Å². The molecule has 0 aliphatic rings. The Bertz CT molecular complexity index is 1440. The van der Waals surface area contributed by atoms with E-state index in [-0.39, 0.29) is 12.2 Å². The Hall–Kier alpha value is -4.01. The van der Waals surface area contributed by atoms with Crippen LogP contribution in [0.3, 0.4) is 0 Å². The summed E-state index contributed by atoms with van der Waals surface area (Å²) in [6, 6.07) is 18.9. The predicted octanol–water partition coefficient (Wildman–Crippen LogP) is 4.90. The first kappa shape index (κ1) is 25.1. The predicted molar refractivity (Wildman–Crippen MR) is 140 cm³/mol. The van der Waals surface area contributed by atoms with E-state index in [2.05, 4.69) is 16.1 Å². The highest BCUT2D eigenvalue weighted by molar-refractivity contribution is 6.38. The molecule has 0 aliphatic heterocycles. The average Bonchev–Trinajstić information content (AvgIpc) is 3.21. The number of carbonyl (C=O) groups is 3. The highest BCUT2D eigenvalue weighted by Crippen LogP contribution is 2.29. The highest BCUT2D eigenvalue weighted by atomic mass is 35.5. The van der Waals surface area contributed by atoms with Crippen molar-refractivity contribution in [1.29, 1.82) is 0 Å². The second kappa shape index (κ2) is 10.7. The lowest BCUT2D eigenvalue weighted by atomic mass is 10.1. The van der Waals surface area contributed by atoms with Gasteiger partial charge in [0, 0.05) is 27.7 Å². The monoisotopic (exact) mass is 524 g/mol. The second-order valence-electron chi connectivity index (χ2n) is 7.98. The van der Waals surface area contributed by atoms with Gasteiger partial charge in [-0.2, -0.15) is 0 Å². The van der Waals surface area contributed by atoms with Crippen LogP contribution in [0, 0.1) is 6.92 Å². The Labute approximate surface area is 217 Å². The fraction of sp³-hybridized carbons (Fsp3) is 0.115. The van der Waals surface area contributed by atoms with Gasteiger partial charge in [0.2, 0.25) is 0 Å². The zero-order valence-electron chi connectivity index (χ0n) is 19.4. The number of ether oxygens (including phenoxy) is 1. The highest BCUT2D eigenvalue weighted by Gasteiger charge is 2.23. The van der Waals surface area contributed by atoms with Crippen LogP contribution in [0.2, 0.25) is 10.0 Å². The zero-order valence-corrected chi connectivity index (χ0v) is 20.9. The van der Waals surface area contributed by atoms with Crippen molar-refractivity contribution < 1.29 is 19.1 Å². The number of fused-ring (bicyclic) bond motifs is 1. The number of aryl methyl sites for hydroxylation is 1. The van der Waals surface area contributed by atoms with E-state index in [1.807, 2.05) is 31.2 Å². The van der Waals surface area contributed by atoms with E-state index in [9.17, 15) is 14.4 Å². The topological polar surface area (TPSA) is 101 Å². The van der Waals surface area contributed by atoms with E-state index in [1.165, 1.54) is 30.0 Å². The normalized spacial score (nSPS) is 10.7. The molecule has 0 radical (unpaired) electrons. The molecule has 3 amide bonds. The summed E-state index contributed by atoms with van der Waals surface area (Å²) in [5.41, 5.74) is 5.28. The number of amides is 3. The Morgan fingerprint density at radius 2 is 1.61 bits per heavy atom. The van der Waals surface area contributed by atoms with Crippen LogP contribution in [0.5, 0.6) is 5.75 Å². The molecule has 4 aromatic rings. The van der Waals surface area contributed by atoms with Gasteiger partial charge >= 0.3 is 11.8 Å². The van der Waals surface area contributed by atoms with E-state index in [0.717, 1.165) is 11.1 Å². The van der Waals surface area contributed by atoms with Crippen molar-refractivity contribution in [2.45, 2.75) is 13.5 Å². The third-order valence-electron chi connectivity index (χ3n) is 5.35. The van der Waals surface area contributed by atoms with Gasteiger partial charge in [0.15, 0.2) is 0 Å². The van der Waals surface area contributed by atoms with Crippen molar-refractivity contribution in [1.82, 2.24) is 9.99 Å². The molecular weight excluding hydrogens is 503 g/mol. The van der Waals surface area contributed by atoms with E-state index in [1.54, 1.807) is 24.3 Å². The summed E-state index contributed by atoms with van der Waals surface area (Å²) < 4.78 is 6.65. The third-order valence-corrected chi connectivity index (χ3v) is 5.79. The molecule has 0 aliphatic carbocycles. The maximum atomic E-state index is 13.2. The molecule has 0 bridgehead atoms. The first-order valence-electron chi connectivity index (χ1n) is 10.9.